The summed E-state index contributed by atoms with van der Waals surface area (Å²) in [6.45, 7) is 6.11. The highest BCUT2D eigenvalue weighted by Crippen LogP contribution is 2.53. The molecule has 3 atom stereocenters. The van der Waals surface area contributed by atoms with Crippen molar-refractivity contribution in [2.75, 3.05) is 14.2 Å². The predicted octanol–water partition coefficient (Wildman–Crippen LogP) is 3.57. The Hall–Kier alpha value is -3.86. The number of ether oxygens (including phenoxy) is 1. The van der Waals surface area contributed by atoms with Crippen molar-refractivity contribution in [1.82, 2.24) is 25.2 Å². The van der Waals surface area contributed by atoms with E-state index in [1.807, 2.05) is 26.8 Å². The maximum Gasteiger partial charge on any atom is 0.330 e. The highest BCUT2D eigenvalue weighted by molar-refractivity contribution is 7.09. The molecule has 1 aliphatic heterocycles. The number of nitrogens with one attached hydrogen (secondary N) is 1. The van der Waals surface area contributed by atoms with Gasteiger partial charge in [-0.3, -0.25) is 19.6 Å². The highest BCUT2D eigenvalue weighted by atomic mass is 32.1. The number of carboxylic acid groups (broad SMARTS) is 1. The molecule has 3 heterocycles. The van der Waals surface area contributed by atoms with Crippen LogP contribution in [0, 0.1) is 0 Å². The van der Waals surface area contributed by atoms with Crippen molar-refractivity contribution in [1.29, 1.82) is 0 Å². The molecule has 1 fully saturated rings. The third kappa shape index (κ3) is 4.85. The quantitative estimate of drug-likeness (QED) is 0.467. The molecule has 0 radical (unpaired) electrons. The van der Waals surface area contributed by atoms with Gasteiger partial charge in [0, 0.05) is 48.7 Å². The average Bonchev–Trinajstić information content (AvgIpc) is 3.54. The Kier molecular flexibility index (Phi) is 7.50. The molecule has 1 aromatic carbocycles. The summed E-state index contributed by atoms with van der Waals surface area (Å²) in [6, 6.07) is 4.34. The van der Waals surface area contributed by atoms with Gasteiger partial charge in [-0.15, -0.1) is 11.3 Å². The number of hydrogen-bond acceptors (Lipinski definition) is 8. The molecule has 2 aromatic heterocycles. The molecule has 0 saturated carbocycles. The number of thiazole rings is 1. The van der Waals surface area contributed by atoms with Crippen LogP contribution in [0.5, 0.6) is 5.75 Å². The molecule has 0 aliphatic carbocycles. The number of methoxy groups -OCH3 is 1. The summed E-state index contributed by atoms with van der Waals surface area (Å²) in [5, 5.41) is 15.5. The molecule has 0 unspecified atom stereocenters. The molecule has 0 spiro atoms. The Labute approximate surface area is 225 Å². The molecule has 1 aliphatic rings. The molecule has 38 heavy (non-hydrogen) atoms. The van der Waals surface area contributed by atoms with Gasteiger partial charge < -0.3 is 20.1 Å². The molecular weight excluding hydrogens is 506 g/mol. The van der Waals surface area contributed by atoms with E-state index >= 15 is 0 Å². The second-order valence-electron chi connectivity index (χ2n) is 10.3. The molecule has 2 N–H and O–H groups in total. The SMILES string of the molecule is CNC(=O)C[C@]1(C(=O)O)C[C@H](c2cnccn2)[C@H](c2nccs2)N1C(=O)c1ccc(C(C)(C)C)c(OC)c1. The van der Waals surface area contributed by atoms with Crippen molar-refractivity contribution in [3.8, 4) is 5.75 Å². The van der Waals surface area contributed by atoms with E-state index in [-0.39, 0.29) is 17.4 Å². The lowest BCUT2D eigenvalue weighted by atomic mass is 9.85. The topological polar surface area (TPSA) is 135 Å². The second-order valence-corrected chi connectivity index (χ2v) is 11.2. The lowest BCUT2D eigenvalue weighted by Crippen LogP contribution is -2.55. The first-order valence-corrected chi connectivity index (χ1v) is 13.0. The van der Waals surface area contributed by atoms with Crippen LogP contribution < -0.4 is 10.1 Å². The number of carbonyl (C=O) groups excluding carboxylic acids is 2. The molecular formula is C27H31N5O5S. The summed E-state index contributed by atoms with van der Waals surface area (Å²) >= 11 is 1.31. The lowest BCUT2D eigenvalue weighted by molar-refractivity contribution is -0.151. The van der Waals surface area contributed by atoms with E-state index in [0.29, 0.717) is 16.5 Å². The van der Waals surface area contributed by atoms with Gasteiger partial charge in [0.05, 0.1) is 25.3 Å². The number of amides is 2. The molecule has 11 heteroatoms. The number of carboxylic acids is 1. The minimum atomic E-state index is -1.86. The van der Waals surface area contributed by atoms with Crippen LogP contribution in [0.25, 0.3) is 0 Å². The van der Waals surface area contributed by atoms with E-state index in [2.05, 4.69) is 20.3 Å². The molecule has 4 rings (SSSR count). The number of nitrogens with zero attached hydrogens (tertiary/aromatic N) is 4. The normalized spacial score (nSPS) is 21.2. The zero-order chi connectivity index (χ0) is 27.7. The van der Waals surface area contributed by atoms with Crippen LogP contribution in [-0.2, 0) is 15.0 Å². The van der Waals surface area contributed by atoms with Gasteiger partial charge in [-0.2, -0.15) is 0 Å². The van der Waals surface area contributed by atoms with Gasteiger partial charge in [-0.1, -0.05) is 26.8 Å². The fraction of sp³-hybridized carbons (Fsp3) is 0.407. The number of likely N-dealkylation sites (tertiary alicyclic amines) is 1. The van der Waals surface area contributed by atoms with Crippen LogP contribution in [-0.4, -0.2) is 62.4 Å². The minimum Gasteiger partial charge on any atom is -0.496 e. The van der Waals surface area contributed by atoms with E-state index in [4.69, 9.17) is 4.74 Å². The molecule has 3 aromatic rings. The maximum absolute atomic E-state index is 14.4. The number of aliphatic carboxylic acids is 1. The van der Waals surface area contributed by atoms with Gasteiger partial charge in [0.15, 0.2) is 5.54 Å². The van der Waals surface area contributed by atoms with Gasteiger partial charge in [0.25, 0.3) is 5.91 Å². The Morgan fingerprint density at radius 1 is 1.21 bits per heavy atom. The van der Waals surface area contributed by atoms with Gasteiger partial charge in [0.2, 0.25) is 5.91 Å². The number of carbonyl (C=O) groups is 3. The van der Waals surface area contributed by atoms with Crippen molar-refractivity contribution in [3.05, 3.63) is 70.2 Å². The van der Waals surface area contributed by atoms with Crippen LogP contribution in [0.15, 0.2) is 48.4 Å². The monoisotopic (exact) mass is 537 g/mol. The number of benzene rings is 1. The number of aromatic nitrogens is 3. The van der Waals surface area contributed by atoms with Crippen molar-refractivity contribution >= 4 is 29.1 Å². The standard InChI is InChI=1S/C27H31N5O5S/c1-26(2,3)18-7-6-16(12-20(18)37-5)24(34)32-22(23-31-10-11-38-23)17(19-15-29-8-9-30-19)13-27(32,25(35)36)14-21(33)28-4/h6-12,15,17,22H,13-14H2,1-5H3,(H,28,33)(H,35,36)/t17-,22-,27+/m1/s1. The van der Waals surface area contributed by atoms with Crippen LogP contribution >= 0.6 is 11.3 Å². The van der Waals surface area contributed by atoms with E-state index < -0.39 is 41.7 Å². The first-order chi connectivity index (χ1) is 18.0. The van der Waals surface area contributed by atoms with Crippen molar-refractivity contribution in [2.24, 2.45) is 0 Å². The number of hydrogen-bond donors (Lipinski definition) is 2. The molecule has 0 bridgehead atoms. The summed E-state index contributed by atoms with van der Waals surface area (Å²) < 4.78 is 5.62. The van der Waals surface area contributed by atoms with Crippen molar-refractivity contribution < 1.29 is 24.2 Å². The molecule has 10 nitrogen and oxygen atoms in total. The van der Waals surface area contributed by atoms with Crippen LogP contribution in [0.2, 0.25) is 0 Å². The van der Waals surface area contributed by atoms with E-state index in [1.54, 1.807) is 29.9 Å². The van der Waals surface area contributed by atoms with Crippen LogP contribution in [0.4, 0.5) is 0 Å². The second kappa shape index (κ2) is 10.5. The summed E-state index contributed by atoms with van der Waals surface area (Å²) in [6.07, 6.45) is 5.75. The van der Waals surface area contributed by atoms with E-state index in [1.165, 1.54) is 42.8 Å². The van der Waals surface area contributed by atoms with Gasteiger partial charge in [-0.25, -0.2) is 9.78 Å². The average molecular weight is 538 g/mol. The van der Waals surface area contributed by atoms with E-state index in [9.17, 15) is 19.5 Å². The fourth-order valence-electron chi connectivity index (χ4n) is 5.13. The summed E-state index contributed by atoms with van der Waals surface area (Å²) in [7, 11) is 2.97. The van der Waals surface area contributed by atoms with Crippen molar-refractivity contribution in [2.45, 2.75) is 56.5 Å². The van der Waals surface area contributed by atoms with Crippen molar-refractivity contribution in [3.63, 3.8) is 0 Å². The van der Waals surface area contributed by atoms with Gasteiger partial charge in [0.1, 0.15) is 10.8 Å². The van der Waals surface area contributed by atoms with Crippen LogP contribution in [0.3, 0.4) is 0 Å². The first-order valence-electron chi connectivity index (χ1n) is 12.1. The minimum absolute atomic E-state index is 0.0400. The number of rotatable bonds is 7. The zero-order valence-corrected chi connectivity index (χ0v) is 22.8. The predicted molar refractivity (Wildman–Crippen MR) is 141 cm³/mol. The Morgan fingerprint density at radius 2 is 1.97 bits per heavy atom. The zero-order valence-electron chi connectivity index (χ0n) is 22.0. The van der Waals surface area contributed by atoms with Gasteiger partial charge >= 0.3 is 5.97 Å². The molecule has 1 saturated heterocycles. The molecule has 200 valence electrons. The third-order valence-electron chi connectivity index (χ3n) is 6.95. The first kappa shape index (κ1) is 27.2. The maximum atomic E-state index is 14.4. The van der Waals surface area contributed by atoms with E-state index in [0.717, 1.165) is 5.56 Å². The summed E-state index contributed by atoms with van der Waals surface area (Å²) in [4.78, 5) is 54.5. The Bertz CT molecular complexity index is 1330. The highest BCUT2D eigenvalue weighted by Gasteiger charge is 2.61. The lowest BCUT2D eigenvalue weighted by Gasteiger charge is -2.37. The Balaban J connectivity index is 1.94. The van der Waals surface area contributed by atoms with Gasteiger partial charge in [-0.05, 0) is 29.5 Å². The van der Waals surface area contributed by atoms with Crippen LogP contribution in [0.1, 0.15) is 72.2 Å². The summed E-state index contributed by atoms with van der Waals surface area (Å²) in [5.74, 6) is -2.35. The Morgan fingerprint density at radius 3 is 2.53 bits per heavy atom. The largest absolute Gasteiger partial charge is 0.496 e. The fourth-order valence-corrected chi connectivity index (χ4v) is 5.92. The molecule has 2 amide bonds. The summed E-state index contributed by atoms with van der Waals surface area (Å²) in [5.41, 5.74) is -0.428. The third-order valence-corrected chi connectivity index (χ3v) is 7.80. The smallest absolute Gasteiger partial charge is 0.330 e.